The first-order chi connectivity index (χ1) is 15.1. The predicted molar refractivity (Wildman–Crippen MR) is 118 cm³/mol. The SMILES string of the molecule is CCC(OC(=O)c1cc(S(=O)(=O)N(C)C)ccc1N1CCCC1)C(=O)Nc1cc(C)on1. The molecule has 2 aromatic rings. The van der Waals surface area contributed by atoms with Gasteiger partial charge in [-0.1, -0.05) is 12.1 Å². The zero-order valence-corrected chi connectivity index (χ0v) is 19.4. The smallest absolute Gasteiger partial charge is 0.341 e. The lowest BCUT2D eigenvalue weighted by Gasteiger charge is -2.23. The molecular formula is C21H28N4O6S. The fourth-order valence-electron chi connectivity index (χ4n) is 3.43. The van der Waals surface area contributed by atoms with E-state index in [9.17, 15) is 18.0 Å². The quantitative estimate of drug-likeness (QED) is 0.591. The summed E-state index contributed by atoms with van der Waals surface area (Å²) in [7, 11) is -0.910. The van der Waals surface area contributed by atoms with Gasteiger partial charge in [0.05, 0.1) is 16.1 Å². The van der Waals surface area contributed by atoms with Gasteiger partial charge in [-0.25, -0.2) is 17.5 Å². The van der Waals surface area contributed by atoms with Crippen LogP contribution in [-0.4, -0.2) is 63.0 Å². The zero-order chi connectivity index (χ0) is 23.5. The van der Waals surface area contributed by atoms with Crippen LogP contribution in [0.3, 0.4) is 0 Å². The molecule has 1 N–H and O–H groups in total. The van der Waals surface area contributed by atoms with Gasteiger partial charge in [-0.2, -0.15) is 0 Å². The summed E-state index contributed by atoms with van der Waals surface area (Å²) >= 11 is 0. The molecule has 0 radical (unpaired) electrons. The third kappa shape index (κ3) is 5.10. The number of carbonyl (C=O) groups excluding carboxylic acids is 2. The molecule has 32 heavy (non-hydrogen) atoms. The van der Waals surface area contributed by atoms with Crippen LogP contribution in [-0.2, 0) is 19.6 Å². The lowest BCUT2D eigenvalue weighted by molar-refractivity contribution is -0.124. The third-order valence-electron chi connectivity index (χ3n) is 5.21. The highest BCUT2D eigenvalue weighted by Crippen LogP contribution is 2.29. The van der Waals surface area contributed by atoms with Crippen LogP contribution in [0.25, 0.3) is 0 Å². The number of nitrogens with one attached hydrogen (secondary N) is 1. The first-order valence-electron chi connectivity index (χ1n) is 10.4. The number of benzene rings is 1. The molecule has 3 rings (SSSR count). The molecule has 11 heteroatoms. The molecule has 1 atom stereocenters. The molecule has 2 heterocycles. The van der Waals surface area contributed by atoms with E-state index < -0.39 is 28.0 Å². The van der Waals surface area contributed by atoms with Crippen molar-refractivity contribution in [3.63, 3.8) is 0 Å². The highest BCUT2D eigenvalue weighted by Gasteiger charge is 2.28. The van der Waals surface area contributed by atoms with Crippen molar-refractivity contribution >= 4 is 33.4 Å². The van der Waals surface area contributed by atoms with Crippen LogP contribution in [0.5, 0.6) is 0 Å². The number of hydrogen-bond acceptors (Lipinski definition) is 8. The number of anilines is 2. The molecule has 1 aliphatic rings. The number of ether oxygens (including phenoxy) is 1. The molecule has 1 saturated heterocycles. The highest BCUT2D eigenvalue weighted by atomic mass is 32.2. The van der Waals surface area contributed by atoms with Crippen molar-refractivity contribution in [2.45, 2.75) is 44.1 Å². The van der Waals surface area contributed by atoms with E-state index in [-0.39, 0.29) is 22.7 Å². The topological polar surface area (TPSA) is 122 Å². The molecule has 1 aromatic carbocycles. The Morgan fingerprint density at radius 1 is 1.25 bits per heavy atom. The normalized spacial score (nSPS) is 15.1. The molecule has 10 nitrogen and oxygen atoms in total. The fourth-order valence-corrected chi connectivity index (χ4v) is 4.36. The Bertz CT molecular complexity index is 1090. The van der Waals surface area contributed by atoms with Gasteiger partial charge in [-0.3, -0.25) is 4.79 Å². The van der Waals surface area contributed by atoms with E-state index in [0.717, 1.165) is 30.2 Å². The lowest BCUT2D eigenvalue weighted by Crippen LogP contribution is -2.33. The van der Waals surface area contributed by atoms with Gasteiger partial charge in [-0.15, -0.1) is 0 Å². The first-order valence-corrected chi connectivity index (χ1v) is 11.8. The van der Waals surface area contributed by atoms with Gasteiger partial charge < -0.3 is 19.5 Å². The Balaban J connectivity index is 1.89. The number of carbonyl (C=O) groups is 2. The van der Waals surface area contributed by atoms with Gasteiger partial charge in [0.25, 0.3) is 5.91 Å². The number of sulfonamides is 1. The largest absolute Gasteiger partial charge is 0.449 e. The van der Waals surface area contributed by atoms with Crippen LogP contribution in [0.15, 0.2) is 33.7 Å². The molecular weight excluding hydrogens is 436 g/mol. The Kier molecular flexibility index (Phi) is 7.19. The molecule has 1 aliphatic heterocycles. The van der Waals surface area contributed by atoms with Crippen molar-refractivity contribution in [2.24, 2.45) is 0 Å². The van der Waals surface area contributed by atoms with Gasteiger partial charge >= 0.3 is 5.97 Å². The van der Waals surface area contributed by atoms with Crippen molar-refractivity contribution in [1.82, 2.24) is 9.46 Å². The third-order valence-corrected chi connectivity index (χ3v) is 7.02. The van der Waals surface area contributed by atoms with Gasteiger partial charge in [0.1, 0.15) is 5.76 Å². The summed E-state index contributed by atoms with van der Waals surface area (Å²) in [5, 5.41) is 6.26. The summed E-state index contributed by atoms with van der Waals surface area (Å²) in [5.41, 5.74) is 0.700. The predicted octanol–water partition coefficient (Wildman–Crippen LogP) is 2.41. The maximum Gasteiger partial charge on any atom is 0.341 e. The summed E-state index contributed by atoms with van der Waals surface area (Å²) in [6, 6.07) is 5.97. The maximum atomic E-state index is 13.1. The van der Waals surface area contributed by atoms with Crippen LogP contribution in [0, 0.1) is 6.92 Å². The molecule has 1 unspecified atom stereocenters. The van der Waals surface area contributed by atoms with Crippen molar-refractivity contribution in [1.29, 1.82) is 0 Å². The number of nitrogens with zero attached hydrogens (tertiary/aromatic N) is 3. The second-order valence-corrected chi connectivity index (χ2v) is 9.93. The molecule has 0 spiro atoms. The molecule has 0 bridgehead atoms. The van der Waals surface area contributed by atoms with E-state index in [1.54, 1.807) is 26.0 Å². The second-order valence-electron chi connectivity index (χ2n) is 7.77. The Morgan fingerprint density at radius 3 is 2.50 bits per heavy atom. The average Bonchev–Trinajstić information content (AvgIpc) is 3.43. The standard InChI is InChI=1S/C21H28N4O6S/c1-5-18(20(26)22-19-12-14(2)31-23-19)30-21(27)16-13-15(32(28,29)24(3)4)8-9-17(16)25-10-6-7-11-25/h8-9,12-13,18H,5-7,10-11H2,1-4H3,(H,22,23,26). The van der Waals surface area contributed by atoms with Gasteiger partial charge in [0, 0.05) is 33.3 Å². The van der Waals surface area contributed by atoms with Gasteiger partial charge in [0.15, 0.2) is 11.9 Å². The van der Waals surface area contributed by atoms with Crippen molar-refractivity contribution in [2.75, 3.05) is 37.4 Å². The number of hydrogen-bond donors (Lipinski definition) is 1. The van der Waals surface area contributed by atoms with E-state index in [4.69, 9.17) is 9.26 Å². The molecule has 1 aromatic heterocycles. The van der Waals surface area contributed by atoms with Crippen LogP contribution < -0.4 is 10.2 Å². The minimum absolute atomic E-state index is 0.0204. The highest BCUT2D eigenvalue weighted by molar-refractivity contribution is 7.89. The van der Waals surface area contributed by atoms with Crippen molar-refractivity contribution in [3.8, 4) is 0 Å². The van der Waals surface area contributed by atoms with Crippen LogP contribution in [0.4, 0.5) is 11.5 Å². The minimum atomic E-state index is -3.75. The Labute approximate surface area is 187 Å². The molecule has 1 amide bonds. The summed E-state index contributed by atoms with van der Waals surface area (Å²) in [5.74, 6) is -0.562. The minimum Gasteiger partial charge on any atom is -0.449 e. The van der Waals surface area contributed by atoms with E-state index >= 15 is 0 Å². The summed E-state index contributed by atoms with van der Waals surface area (Å²) in [4.78, 5) is 27.7. The first kappa shape index (κ1) is 23.7. The number of amides is 1. The molecule has 1 fully saturated rings. The molecule has 0 aliphatic carbocycles. The molecule has 174 valence electrons. The number of aromatic nitrogens is 1. The van der Waals surface area contributed by atoms with Crippen molar-refractivity contribution in [3.05, 3.63) is 35.6 Å². The Hall–Kier alpha value is -2.92. The van der Waals surface area contributed by atoms with Crippen LogP contribution >= 0.6 is 0 Å². The fraction of sp³-hybridized carbons (Fsp3) is 0.476. The van der Waals surface area contributed by atoms with Crippen LogP contribution in [0.1, 0.15) is 42.3 Å². The lowest BCUT2D eigenvalue weighted by atomic mass is 10.1. The van der Waals surface area contributed by atoms with Crippen LogP contribution in [0.2, 0.25) is 0 Å². The number of rotatable bonds is 8. The van der Waals surface area contributed by atoms with E-state index in [2.05, 4.69) is 10.5 Å². The molecule has 0 saturated carbocycles. The van der Waals surface area contributed by atoms with Gasteiger partial charge in [-0.05, 0) is 44.4 Å². The average molecular weight is 465 g/mol. The monoisotopic (exact) mass is 464 g/mol. The Morgan fingerprint density at radius 2 is 1.94 bits per heavy atom. The number of aryl methyl sites for hydroxylation is 1. The maximum absolute atomic E-state index is 13.1. The summed E-state index contributed by atoms with van der Waals surface area (Å²) in [6.45, 7) is 4.90. The summed E-state index contributed by atoms with van der Waals surface area (Å²) < 4.78 is 36.7. The summed E-state index contributed by atoms with van der Waals surface area (Å²) in [6.07, 6.45) is 1.09. The van der Waals surface area contributed by atoms with E-state index in [1.165, 1.54) is 26.2 Å². The van der Waals surface area contributed by atoms with E-state index in [1.807, 2.05) is 4.90 Å². The van der Waals surface area contributed by atoms with E-state index in [0.29, 0.717) is 11.4 Å². The van der Waals surface area contributed by atoms with Crippen molar-refractivity contribution < 1.29 is 27.3 Å². The second kappa shape index (κ2) is 9.70. The van der Waals surface area contributed by atoms with Gasteiger partial charge in [0.2, 0.25) is 10.0 Å². The zero-order valence-electron chi connectivity index (χ0n) is 18.6. The number of esters is 1.